The highest BCUT2D eigenvalue weighted by molar-refractivity contribution is 5.86. The molecule has 0 aliphatic carbocycles. The van der Waals surface area contributed by atoms with Gasteiger partial charge in [0.1, 0.15) is 0 Å². The highest BCUT2D eigenvalue weighted by Gasteiger charge is 2.30. The summed E-state index contributed by atoms with van der Waals surface area (Å²) in [7, 11) is 0. The molecular formula is C14H22N4O3. The molecule has 2 fully saturated rings. The van der Waals surface area contributed by atoms with Crippen LogP contribution in [0.25, 0.3) is 0 Å². The van der Waals surface area contributed by atoms with Gasteiger partial charge < -0.3 is 15.2 Å². The Kier molecular flexibility index (Phi) is 4.21. The lowest BCUT2D eigenvalue weighted by Crippen LogP contribution is -2.29. The second-order valence-corrected chi connectivity index (χ2v) is 5.98. The first-order chi connectivity index (χ1) is 10.1. The first kappa shape index (κ1) is 14.5. The predicted octanol–water partition coefficient (Wildman–Crippen LogP) is 1.01. The molecule has 0 saturated carbocycles. The Labute approximate surface area is 123 Å². The largest absolute Gasteiger partial charge is 0.476 e. The van der Waals surface area contributed by atoms with Gasteiger partial charge in [0.25, 0.3) is 0 Å². The van der Waals surface area contributed by atoms with Crippen LogP contribution in [0.4, 0.5) is 0 Å². The number of nitrogens with one attached hydrogen (secondary N) is 1. The molecule has 0 bridgehead atoms. The molecule has 2 aliphatic rings. The van der Waals surface area contributed by atoms with E-state index in [1.807, 2.05) is 0 Å². The van der Waals surface area contributed by atoms with E-state index in [0.29, 0.717) is 6.54 Å². The Bertz CT molecular complexity index is 510. The topological polar surface area (TPSA) is 89.3 Å². The molecule has 1 aromatic heterocycles. The number of carboxylic acids is 1. The van der Waals surface area contributed by atoms with Gasteiger partial charge in [-0.3, -0.25) is 0 Å². The van der Waals surface area contributed by atoms with E-state index in [9.17, 15) is 9.90 Å². The van der Waals surface area contributed by atoms with Gasteiger partial charge in [-0.1, -0.05) is 5.21 Å². The Balaban J connectivity index is 1.83. The summed E-state index contributed by atoms with van der Waals surface area (Å²) in [6.07, 6.45) is 4.29. The standard InChI is InChI=1S/C14H22N4O3/c1-9-2-3-11(21-9)8-18-13(10-4-6-15-7-5-10)12(14(19)20)16-17-18/h9-11,15H,2-8H2,1H3,(H,19,20). The van der Waals surface area contributed by atoms with E-state index in [4.69, 9.17) is 4.74 Å². The molecule has 2 saturated heterocycles. The van der Waals surface area contributed by atoms with Crippen LogP contribution in [0.15, 0.2) is 0 Å². The second kappa shape index (κ2) is 6.11. The van der Waals surface area contributed by atoms with Crippen molar-refractivity contribution in [3.63, 3.8) is 0 Å². The normalized spacial score (nSPS) is 27.1. The van der Waals surface area contributed by atoms with E-state index in [2.05, 4.69) is 22.6 Å². The van der Waals surface area contributed by atoms with Crippen molar-refractivity contribution >= 4 is 5.97 Å². The summed E-state index contributed by atoms with van der Waals surface area (Å²) >= 11 is 0. The predicted molar refractivity (Wildman–Crippen MR) is 75.4 cm³/mol. The van der Waals surface area contributed by atoms with Crippen molar-refractivity contribution in [1.29, 1.82) is 0 Å². The molecule has 2 N–H and O–H groups in total. The van der Waals surface area contributed by atoms with Crippen molar-refractivity contribution in [2.24, 2.45) is 0 Å². The van der Waals surface area contributed by atoms with Crippen LogP contribution < -0.4 is 5.32 Å². The van der Waals surface area contributed by atoms with Gasteiger partial charge in [-0.05, 0) is 45.7 Å². The number of hydrogen-bond acceptors (Lipinski definition) is 5. The summed E-state index contributed by atoms with van der Waals surface area (Å²) in [4.78, 5) is 11.4. The number of piperidine rings is 1. The minimum atomic E-state index is -0.990. The number of hydrogen-bond donors (Lipinski definition) is 2. The van der Waals surface area contributed by atoms with Crippen LogP contribution in [0.3, 0.4) is 0 Å². The highest BCUT2D eigenvalue weighted by atomic mass is 16.5. The Morgan fingerprint density at radius 2 is 2.14 bits per heavy atom. The van der Waals surface area contributed by atoms with E-state index < -0.39 is 5.97 Å². The molecule has 116 valence electrons. The monoisotopic (exact) mass is 294 g/mol. The van der Waals surface area contributed by atoms with Crippen molar-refractivity contribution in [2.75, 3.05) is 13.1 Å². The van der Waals surface area contributed by atoms with Gasteiger partial charge in [0.15, 0.2) is 5.69 Å². The van der Waals surface area contributed by atoms with Crippen LogP contribution in [0.1, 0.15) is 54.7 Å². The van der Waals surface area contributed by atoms with E-state index in [0.717, 1.165) is 44.5 Å². The van der Waals surface area contributed by atoms with E-state index in [-0.39, 0.29) is 23.8 Å². The summed E-state index contributed by atoms with van der Waals surface area (Å²) in [5.41, 5.74) is 0.875. The maximum Gasteiger partial charge on any atom is 0.358 e. The summed E-state index contributed by atoms with van der Waals surface area (Å²) in [5, 5.41) is 20.6. The first-order valence-electron chi connectivity index (χ1n) is 7.68. The van der Waals surface area contributed by atoms with Gasteiger partial charge in [-0.15, -0.1) is 5.10 Å². The third-order valence-electron chi connectivity index (χ3n) is 4.40. The molecule has 0 radical (unpaired) electrons. The van der Waals surface area contributed by atoms with Gasteiger partial charge in [-0.25, -0.2) is 9.48 Å². The molecule has 7 nitrogen and oxygen atoms in total. The molecule has 3 heterocycles. The number of carboxylic acid groups (broad SMARTS) is 1. The minimum Gasteiger partial charge on any atom is -0.476 e. The van der Waals surface area contributed by atoms with E-state index in [1.54, 1.807) is 4.68 Å². The van der Waals surface area contributed by atoms with Crippen LogP contribution in [-0.2, 0) is 11.3 Å². The summed E-state index contributed by atoms with van der Waals surface area (Å²) in [6, 6.07) is 0. The van der Waals surface area contributed by atoms with Gasteiger partial charge in [0.2, 0.25) is 0 Å². The Morgan fingerprint density at radius 1 is 1.38 bits per heavy atom. The number of nitrogens with zero attached hydrogens (tertiary/aromatic N) is 3. The van der Waals surface area contributed by atoms with Crippen LogP contribution in [0.2, 0.25) is 0 Å². The lowest BCUT2D eigenvalue weighted by atomic mass is 9.93. The maximum atomic E-state index is 11.4. The number of rotatable bonds is 4. The highest BCUT2D eigenvalue weighted by Crippen LogP contribution is 2.29. The average molecular weight is 294 g/mol. The maximum absolute atomic E-state index is 11.4. The molecule has 21 heavy (non-hydrogen) atoms. The van der Waals surface area contributed by atoms with Gasteiger partial charge in [-0.2, -0.15) is 0 Å². The molecule has 2 atom stereocenters. The number of aromatic carboxylic acids is 1. The fraction of sp³-hybridized carbons (Fsp3) is 0.786. The summed E-state index contributed by atoms with van der Waals surface area (Å²) in [5.74, 6) is -0.776. The number of ether oxygens (including phenoxy) is 1. The molecule has 0 spiro atoms. The fourth-order valence-corrected chi connectivity index (χ4v) is 3.32. The van der Waals surface area contributed by atoms with Crippen molar-refractivity contribution in [3.05, 3.63) is 11.4 Å². The third kappa shape index (κ3) is 3.08. The summed E-state index contributed by atoms with van der Waals surface area (Å²) < 4.78 is 7.59. The molecule has 7 heteroatoms. The molecular weight excluding hydrogens is 272 g/mol. The average Bonchev–Trinajstić information content (AvgIpc) is 3.07. The quantitative estimate of drug-likeness (QED) is 0.861. The van der Waals surface area contributed by atoms with Crippen LogP contribution in [0.5, 0.6) is 0 Å². The van der Waals surface area contributed by atoms with Crippen molar-refractivity contribution in [1.82, 2.24) is 20.3 Å². The molecule has 3 rings (SSSR count). The molecule has 0 aromatic carbocycles. The zero-order valence-corrected chi connectivity index (χ0v) is 12.3. The molecule has 2 unspecified atom stereocenters. The fourth-order valence-electron chi connectivity index (χ4n) is 3.32. The molecule has 1 aromatic rings. The smallest absolute Gasteiger partial charge is 0.358 e. The van der Waals surface area contributed by atoms with Crippen LogP contribution in [-0.4, -0.2) is 51.4 Å². The lowest BCUT2D eigenvalue weighted by Gasteiger charge is -2.24. The Hall–Kier alpha value is -1.47. The SMILES string of the molecule is CC1CCC(Cn2nnc(C(=O)O)c2C2CCNCC2)O1. The lowest BCUT2D eigenvalue weighted by molar-refractivity contribution is 0.0425. The summed E-state index contributed by atoms with van der Waals surface area (Å²) in [6.45, 7) is 4.49. The van der Waals surface area contributed by atoms with Crippen molar-refractivity contribution in [3.8, 4) is 0 Å². The van der Waals surface area contributed by atoms with E-state index >= 15 is 0 Å². The van der Waals surface area contributed by atoms with Gasteiger partial charge in [0.05, 0.1) is 24.4 Å². The number of carbonyl (C=O) groups is 1. The van der Waals surface area contributed by atoms with Crippen LogP contribution in [0, 0.1) is 0 Å². The molecule has 2 aliphatic heterocycles. The van der Waals surface area contributed by atoms with E-state index in [1.165, 1.54) is 0 Å². The number of aromatic nitrogens is 3. The van der Waals surface area contributed by atoms with Gasteiger partial charge in [0, 0.05) is 5.92 Å². The minimum absolute atomic E-state index is 0.105. The second-order valence-electron chi connectivity index (χ2n) is 5.98. The Morgan fingerprint density at radius 3 is 2.76 bits per heavy atom. The zero-order chi connectivity index (χ0) is 14.8. The van der Waals surface area contributed by atoms with Crippen LogP contribution >= 0.6 is 0 Å². The van der Waals surface area contributed by atoms with Gasteiger partial charge >= 0.3 is 5.97 Å². The van der Waals surface area contributed by atoms with Crippen molar-refractivity contribution in [2.45, 2.75) is 57.3 Å². The third-order valence-corrected chi connectivity index (χ3v) is 4.40. The zero-order valence-electron chi connectivity index (χ0n) is 12.3. The molecule has 0 amide bonds. The first-order valence-corrected chi connectivity index (χ1v) is 7.68. The van der Waals surface area contributed by atoms with Crippen molar-refractivity contribution < 1.29 is 14.6 Å².